The number of aryl methyl sites for hydroxylation is 2. The van der Waals surface area contributed by atoms with Crippen LogP contribution in [-0.4, -0.2) is 35.4 Å². The van der Waals surface area contributed by atoms with E-state index in [2.05, 4.69) is 5.32 Å². The smallest absolute Gasteiger partial charge is 0.261 e. The molecule has 0 bridgehead atoms. The monoisotopic (exact) mass is 540 g/mol. The molecule has 0 spiro atoms. The van der Waals surface area contributed by atoms with Gasteiger partial charge in [-0.25, -0.2) is 0 Å². The molecule has 0 heterocycles. The molecule has 3 rings (SSSR count). The van der Waals surface area contributed by atoms with E-state index >= 15 is 0 Å². The number of hydrogen-bond donors (Lipinski definition) is 1. The normalized spacial score (nSPS) is 12.5. The predicted molar refractivity (Wildman–Crippen MR) is 150 cm³/mol. The van der Waals surface area contributed by atoms with E-state index in [1.54, 1.807) is 17.0 Å². The molecule has 0 saturated heterocycles. The Balaban J connectivity index is 1.95. The Hall–Kier alpha value is -3.02. The number of carbonyl (C=O) groups is 2. The molecule has 0 unspecified atom stereocenters. The molecule has 0 aliphatic rings. The fourth-order valence-electron chi connectivity index (χ4n) is 3.91. The van der Waals surface area contributed by atoms with Crippen molar-refractivity contribution in [1.29, 1.82) is 0 Å². The summed E-state index contributed by atoms with van der Waals surface area (Å²) in [4.78, 5) is 28.9. The van der Waals surface area contributed by atoms with Crippen molar-refractivity contribution in [2.75, 3.05) is 6.61 Å². The van der Waals surface area contributed by atoms with Gasteiger partial charge in [0.25, 0.3) is 5.91 Å². The zero-order valence-corrected chi connectivity index (χ0v) is 23.3. The molecule has 196 valence electrons. The maximum absolute atomic E-state index is 13.7. The van der Waals surface area contributed by atoms with Gasteiger partial charge in [0.1, 0.15) is 11.8 Å². The maximum Gasteiger partial charge on any atom is 0.261 e. The number of amides is 2. The highest BCUT2D eigenvalue weighted by Crippen LogP contribution is 2.25. The summed E-state index contributed by atoms with van der Waals surface area (Å²) in [5.41, 5.74) is 3.69. The predicted octanol–water partition coefficient (Wildman–Crippen LogP) is 6.54. The van der Waals surface area contributed by atoms with Gasteiger partial charge in [-0.3, -0.25) is 9.59 Å². The first-order chi connectivity index (χ1) is 17.7. The Bertz CT molecular complexity index is 1220. The fraction of sp³-hybridized carbons (Fsp3) is 0.333. The van der Waals surface area contributed by atoms with Gasteiger partial charge >= 0.3 is 0 Å². The van der Waals surface area contributed by atoms with E-state index in [1.807, 2.05) is 82.3 Å². The molecule has 0 aliphatic carbocycles. The van der Waals surface area contributed by atoms with Crippen molar-refractivity contribution in [3.05, 3.63) is 99.0 Å². The van der Waals surface area contributed by atoms with E-state index in [9.17, 15) is 9.59 Å². The van der Waals surface area contributed by atoms with Crippen LogP contribution in [0, 0.1) is 13.8 Å². The number of halogens is 2. The highest BCUT2D eigenvalue weighted by Gasteiger charge is 2.31. The maximum atomic E-state index is 13.7. The van der Waals surface area contributed by atoms with Gasteiger partial charge in [-0.05, 0) is 67.6 Å². The molecule has 5 nitrogen and oxygen atoms in total. The zero-order valence-electron chi connectivity index (χ0n) is 21.8. The van der Waals surface area contributed by atoms with E-state index in [0.717, 1.165) is 28.7 Å². The molecule has 0 aliphatic heterocycles. The first kappa shape index (κ1) is 28.5. The van der Waals surface area contributed by atoms with Gasteiger partial charge in [-0.2, -0.15) is 0 Å². The summed E-state index contributed by atoms with van der Waals surface area (Å²) >= 11 is 12.4. The van der Waals surface area contributed by atoms with Crippen LogP contribution in [0.3, 0.4) is 0 Å². The number of carbonyl (C=O) groups excluding carboxylic acids is 2. The van der Waals surface area contributed by atoms with Crippen molar-refractivity contribution < 1.29 is 14.3 Å². The second-order valence-electron chi connectivity index (χ2n) is 9.35. The van der Waals surface area contributed by atoms with Gasteiger partial charge in [-0.1, -0.05) is 78.7 Å². The van der Waals surface area contributed by atoms with Gasteiger partial charge in [0.2, 0.25) is 5.91 Å². The number of nitrogens with one attached hydrogen (secondary N) is 1. The molecule has 1 N–H and O–H groups in total. The van der Waals surface area contributed by atoms with Crippen LogP contribution >= 0.6 is 23.2 Å². The number of ether oxygens (including phenoxy) is 1. The van der Waals surface area contributed by atoms with Crippen molar-refractivity contribution in [3.8, 4) is 5.75 Å². The molecule has 0 fully saturated rings. The lowest BCUT2D eigenvalue weighted by atomic mass is 10.0. The summed E-state index contributed by atoms with van der Waals surface area (Å²) in [7, 11) is 0. The first-order valence-electron chi connectivity index (χ1n) is 12.5. The molecule has 2 amide bonds. The lowest BCUT2D eigenvalue weighted by Crippen LogP contribution is -2.53. The molecular formula is C30H34Cl2N2O3. The van der Waals surface area contributed by atoms with Crippen LogP contribution in [0.2, 0.25) is 10.0 Å². The third-order valence-electron chi connectivity index (χ3n) is 6.30. The quantitative estimate of drug-likeness (QED) is 0.300. The van der Waals surface area contributed by atoms with Gasteiger partial charge in [-0.15, -0.1) is 0 Å². The molecule has 0 radical (unpaired) electrons. The third-order valence-corrected chi connectivity index (χ3v) is 7.04. The van der Waals surface area contributed by atoms with E-state index in [0.29, 0.717) is 22.2 Å². The fourth-order valence-corrected chi connectivity index (χ4v) is 4.24. The van der Waals surface area contributed by atoms with E-state index in [4.69, 9.17) is 27.9 Å². The molecule has 3 aromatic rings. The number of rotatable bonds is 11. The second-order valence-corrected chi connectivity index (χ2v) is 10.2. The highest BCUT2D eigenvalue weighted by molar-refractivity contribution is 6.42. The summed E-state index contributed by atoms with van der Waals surface area (Å²) in [5.74, 6) is 0.136. The van der Waals surface area contributed by atoms with E-state index in [-0.39, 0.29) is 31.0 Å². The van der Waals surface area contributed by atoms with Crippen LogP contribution in [0.1, 0.15) is 42.5 Å². The van der Waals surface area contributed by atoms with Crippen LogP contribution in [0.4, 0.5) is 0 Å². The lowest BCUT2D eigenvalue weighted by Gasteiger charge is -2.32. The highest BCUT2D eigenvalue weighted by atomic mass is 35.5. The lowest BCUT2D eigenvalue weighted by molar-refractivity contribution is -0.143. The molecule has 0 saturated carbocycles. The summed E-state index contributed by atoms with van der Waals surface area (Å²) in [6, 6.07) is 20.0. The van der Waals surface area contributed by atoms with E-state index in [1.165, 1.54) is 0 Å². The third kappa shape index (κ3) is 8.24. The van der Waals surface area contributed by atoms with Crippen molar-refractivity contribution in [3.63, 3.8) is 0 Å². The molecule has 37 heavy (non-hydrogen) atoms. The minimum Gasteiger partial charge on any atom is -0.483 e. The van der Waals surface area contributed by atoms with Crippen LogP contribution in [0.25, 0.3) is 0 Å². The van der Waals surface area contributed by atoms with Crippen LogP contribution < -0.4 is 10.1 Å². The first-order valence-corrected chi connectivity index (χ1v) is 13.2. The average molecular weight is 542 g/mol. The number of hydrogen-bond acceptors (Lipinski definition) is 3. The van der Waals surface area contributed by atoms with Gasteiger partial charge in [0.15, 0.2) is 6.61 Å². The second kappa shape index (κ2) is 13.5. The van der Waals surface area contributed by atoms with Crippen LogP contribution in [0.5, 0.6) is 5.75 Å². The van der Waals surface area contributed by atoms with Crippen LogP contribution in [0.15, 0.2) is 66.7 Å². The minimum atomic E-state index is -0.749. The van der Waals surface area contributed by atoms with Crippen molar-refractivity contribution in [2.24, 2.45) is 0 Å². The summed E-state index contributed by atoms with van der Waals surface area (Å²) in [6.45, 7) is 7.84. The molecule has 0 aromatic heterocycles. The Labute approximate surface area is 229 Å². The molecule has 3 aromatic carbocycles. The summed E-state index contributed by atoms with van der Waals surface area (Å²) in [6.07, 6.45) is 1.14. The molecular weight excluding hydrogens is 507 g/mol. The average Bonchev–Trinajstić information content (AvgIpc) is 2.88. The topological polar surface area (TPSA) is 58.6 Å². The molecule has 7 heteroatoms. The van der Waals surface area contributed by atoms with Crippen molar-refractivity contribution >= 4 is 35.0 Å². The summed E-state index contributed by atoms with van der Waals surface area (Å²) in [5, 5.41) is 3.88. The Kier molecular flexibility index (Phi) is 10.4. The van der Waals surface area contributed by atoms with Crippen molar-refractivity contribution in [2.45, 2.75) is 59.2 Å². The minimum absolute atomic E-state index is 0.0288. The summed E-state index contributed by atoms with van der Waals surface area (Å²) < 4.78 is 5.95. The van der Waals surface area contributed by atoms with Gasteiger partial charge in [0.05, 0.1) is 10.0 Å². The van der Waals surface area contributed by atoms with Crippen molar-refractivity contribution in [1.82, 2.24) is 10.2 Å². The Morgan fingerprint density at radius 1 is 0.946 bits per heavy atom. The zero-order chi connectivity index (χ0) is 26.9. The van der Waals surface area contributed by atoms with E-state index < -0.39 is 6.04 Å². The SMILES string of the molecule is CC[C@@H](C)NC(=O)[C@@H](Cc1ccccc1)N(Cc1ccc(Cl)c(Cl)c1)C(=O)COc1cc(C)ccc1C. The number of nitrogens with zero attached hydrogens (tertiary/aromatic N) is 1. The Morgan fingerprint density at radius 3 is 2.35 bits per heavy atom. The van der Waals surface area contributed by atoms with Crippen LogP contribution in [-0.2, 0) is 22.6 Å². The standard InChI is InChI=1S/C30H34Cl2N2O3/c1-5-22(4)33-30(36)27(17-23-9-7-6-8-10-23)34(18-24-13-14-25(31)26(32)16-24)29(35)19-37-28-15-20(2)11-12-21(28)3/h6-16,22,27H,5,17-19H2,1-4H3,(H,33,36)/t22-,27-/m1/s1. The Morgan fingerprint density at radius 2 is 1.68 bits per heavy atom. The number of benzene rings is 3. The largest absolute Gasteiger partial charge is 0.483 e. The molecule has 2 atom stereocenters. The van der Waals surface area contributed by atoms with Gasteiger partial charge in [0, 0.05) is 19.0 Å². The van der Waals surface area contributed by atoms with Gasteiger partial charge < -0.3 is 15.0 Å².